The molecule has 4 heterocycles. The summed E-state index contributed by atoms with van der Waals surface area (Å²) in [5, 5.41) is 19.9. The third kappa shape index (κ3) is 13.1. The van der Waals surface area contributed by atoms with E-state index >= 15 is 0 Å². The number of carboxylic acid groups (broad SMARTS) is 1. The van der Waals surface area contributed by atoms with Crippen LogP contribution in [0.1, 0.15) is 50.7 Å². The fourth-order valence-electron chi connectivity index (χ4n) is 8.36. The van der Waals surface area contributed by atoms with Crippen molar-refractivity contribution in [2.45, 2.75) is 58.7 Å². The standard InChI is InChI=1S/C25H28ClFN6O2.C25H29ClFN5O3/c1-16(28-8-11-33-9-3-4-10-33)25(34)29-14-17-12-18-21(13-22(17)35-2)30-15-31-24(18)32-20-7-5-6-19(26)23(20)27;1-16(25(33)34)32(11-10-31-8-3-4-9-31)14-17-12-18-21(13-22(17)35-2)28-15-29-24(18)30-20-7-5-6-19(26)23(20)27/h5-7,12-13,15H,3-4,8-11,14H2,1-2H3,(H,29,34)(H,30,31,32);5-7,12-13,15-16H,3-4,8-11,14H2,1-2H3,(H,33,34)(H,28,29,30)/t;16-/m.1/s1. The quantitative estimate of drug-likeness (QED) is 0.0565. The van der Waals surface area contributed by atoms with Crippen LogP contribution in [-0.4, -0.2) is 130 Å². The second-order valence-corrected chi connectivity index (χ2v) is 17.8. The maximum Gasteiger partial charge on any atom is 0.320 e. The molecule has 1 amide bonds. The molecule has 2 aliphatic heterocycles. The van der Waals surface area contributed by atoms with Crippen molar-refractivity contribution in [3.8, 4) is 11.5 Å². The fourth-order valence-corrected chi connectivity index (χ4v) is 8.70. The molecule has 370 valence electrons. The zero-order valence-corrected chi connectivity index (χ0v) is 41.1. The van der Waals surface area contributed by atoms with E-state index in [9.17, 15) is 23.5 Å². The van der Waals surface area contributed by atoms with Crippen LogP contribution < -0.4 is 25.4 Å². The number of ether oxygens (including phenoxy) is 2. The number of anilines is 4. The minimum Gasteiger partial charge on any atom is -0.496 e. The Morgan fingerprint density at radius 1 is 0.771 bits per heavy atom. The predicted molar refractivity (Wildman–Crippen MR) is 270 cm³/mol. The number of hydrogen-bond donors (Lipinski definition) is 4. The second-order valence-electron chi connectivity index (χ2n) is 17.0. The van der Waals surface area contributed by atoms with Gasteiger partial charge in [-0.1, -0.05) is 35.3 Å². The molecule has 4 aromatic carbocycles. The van der Waals surface area contributed by atoms with Gasteiger partial charge < -0.3 is 40.3 Å². The minimum absolute atomic E-state index is 0.00650. The number of fused-ring (bicyclic) bond motifs is 2. The molecule has 0 bridgehead atoms. The molecule has 0 aliphatic carbocycles. The Morgan fingerprint density at radius 2 is 1.27 bits per heavy atom. The van der Waals surface area contributed by atoms with Crippen LogP contribution in [-0.2, 0) is 22.7 Å². The summed E-state index contributed by atoms with van der Waals surface area (Å²) in [5.41, 5.74) is 3.56. The van der Waals surface area contributed by atoms with Crippen LogP contribution in [0.25, 0.3) is 21.8 Å². The number of carbonyl (C=O) groups excluding carboxylic acids is 1. The van der Waals surface area contributed by atoms with Crippen LogP contribution >= 0.6 is 23.2 Å². The Balaban J connectivity index is 0.000000206. The molecular weight excluding hydrogens is 944 g/mol. The average molecular weight is 1000 g/mol. The molecular formula is C50H57Cl2F2N11O5. The van der Waals surface area contributed by atoms with E-state index in [1.54, 1.807) is 64.5 Å². The number of carbonyl (C=O) groups is 2. The van der Waals surface area contributed by atoms with Gasteiger partial charge in [0.05, 0.1) is 58.9 Å². The summed E-state index contributed by atoms with van der Waals surface area (Å²) >= 11 is 11.8. The van der Waals surface area contributed by atoms with E-state index in [2.05, 4.69) is 50.7 Å². The van der Waals surface area contributed by atoms with Crippen molar-refractivity contribution in [2.24, 2.45) is 4.99 Å². The molecule has 2 aliphatic rings. The first-order valence-electron chi connectivity index (χ1n) is 23.1. The van der Waals surface area contributed by atoms with Gasteiger partial charge in [0.15, 0.2) is 11.6 Å². The highest BCUT2D eigenvalue weighted by Crippen LogP contribution is 2.34. The summed E-state index contributed by atoms with van der Waals surface area (Å²) in [6.07, 6.45) is 7.59. The molecule has 4 N–H and O–H groups in total. The summed E-state index contributed by atoms with van der Waals surface area (Å²) < 4.78 is 40.1. The van der Waals surface area contributed by atoms with Crippen molar-refractivity contribution in [1.82, 2.24) is 40.0 Å². The maximum atomic E-state index is 14.5. The highest BCUT2D eigenvalue weighted by Gasteiger charge is 2.25. The molecule has 0 spiro atoms. The van der Waals surface area contributed by atoms with E-state index in [0.717, 1.165) is 50.4 Å². The lowest BCUT2D eigenvalue weighted by Crippen LogP contribution is -2.42. The number of halogens is 4. The van der Waals surface area contributed by atoms with E-state index in [0.29, 0.717) is 70.3 Å². The highest BCUT2D eigenvalue weighted by molar-refractivity contribution is 6.37. The third-order valence-electron chi connectivity index (χ3n) is 12.4. The van der Waals surface area contributed by atoms with Crippen molar-refractivity contribution < 1.29 is 33.0 Å². The first-order valence-corrected chi connectivity index (χ1v) is 23.8. The largest absolute Gasteiger partial charge is 0.496 e. The number of rotatable bonds is 19. The zero-order valence-electron chi connectivity index (χ0n) is 39.6. The first-order chi connectivity index (χ1) is 33.8. The maximum absolute atomic E-state index is 14.5. The molecule has 20 heteroatoms. The van der Waals surface area contributed by atoms with E-state index < -0.39 is 23.6 Å². The lowest BCUT2D eigenvalue weighted by molar-refractivity contribution is -0.143. The molecule has 8 rings (SSSR count). The zero-order chi connectivity index (χ0) is 49.7. The molecule has 70 heavy (non-hydrogen) atoms. The predicted octanol–water partition coefficient (Wildman–Crippen LogP) is 8.89. The Kier molecular flexibility index (Phi) is 18.0. The molecule has 0 saturated carbocycles. The van der Waals surface area contributed by atoms with Gasteiger partial charge in [-0.25, -0.2) is 28.7 Å². The highest BCUT2D eigenvalue weighted by atomic mass is 35.5. The average Bonchev–Trinajstić information content (AvgIpc) is 4.10. The molecule has 0 radical (unpaired) electrons. The number of hydrogen-bond acceptors (Lipinski definition) is 14. The number of nitrogens with zero attached hydrogens (tertiary/aromatic N) is 8. The summed E-state index contributed by atoms with van der Waals surface area (Å²) in [6.45, 7) is 11.2. The van der Waals surface area contributed by atoms with E-state index in [1.165, 1.54) is 50.5 Å². The molecule has 16 nitrogen and oxygen atoms in total. The number of nitrogens with one attached hydrogen (secondary N) is 3. The number of benzene rings is 4. The van der Waals surface area contributed by atoms with Crippen LogP contribution in [0.2, 0.25) is 10.0 Å². The molecule has 2 saturated heterocycles. The van der Waals surface area contributed by atoms with Crippen molar-refractivity contribution >= 4 is 85.6 Å². The summed E-state index contributed by atoms with van der Waals surface area (Å²) in [4.78, 5) is 52.7. The van der Waals surface area contributed by atoms with Crippen LogP contribution in [0.5, 0.6) is 11.5 Å². The number of methoxy groups -OCH3 is 2. The Hall–Kier alpha value is -6.31. The Morgan fingerprint density at radius 3 is 1.79 bits per heavy atom. The molecule has 0 unspecified atom stereocenters. The SMILES string of the molecule is COc1cc2ncnc(Nc3cccc(Cl)c3F)c2cc1CN(CCN1CCCC1)[C@H](C)C(=O)O.COc1cc2ncnc(Nc3cccc(Cl)c3F)c2cc1CNC(=O)C(C)=NCCN1CCCC1. The van der Waals surface area contributed by atoms with Gasteiger partial charge >= 0.3 is 5.97 Å². The van der Waals surface area contributed by atoms with Gasteiger partial charge in [-0.3, -0.25) is 19.5 Å². The first kappa shape index (κ1) is 51.5. The van der Waals surface area contributed by atoms with E-state index in [-0.39, 0.29) is 33.9 Å². The summed E-state index contributed by atoms with van der Waals surface area (Å²) in [5.74, 6) is -0.272. The fraction of sp³-hybridized carbons (Fsp3) is 0.380. The van der Waals surface area contributed by atoms with Gasteiger partial charge in [0, 0.05) is 66.8 Å². The lowest BCUT2D eigenvalue weighted by Gasteiger charge is -2.29. The number of aromatic nitrogens is 4. The van der Waals surface area contributed by atoms with Gasteiger partial charge in [-0.05, 0) is 102 Å². The summed E-state index contributed by atoms with van der Waals surface area (Å²) in [6, 6.07) is 16.0. The van der Waals surface area contributed by atoms with Crippen LogP contribution in [0.4, 0.5) is 31.8 Å². The molecule has 2 fully saturated rings. The monoisotopic (exact) mass is 999 g/mol. The third-order valence-corrected chi connectivity index (χ3v) is 13.0. The smallest absolute Gasteiger partial charge is 0.320 e. The number of amides is 1. The topological polar surface area (TPSA) is 183 Å². The Labute approximate surface area is 415 Å². The lowest BCUT2D eigenvalue weighted by atomic mass is 10.1. The van der Waals surface area contributed by atoms with E-state index in [1.807, 2.05) is 17.0 Å². The molecule has 1 atom stereocenters. The van der Waals surface area contributed by atoms with Gasteiger partial charge in [0.25, 0.3) is 5.91 Å². The van der Waals surface area contributed by atoms with Gasteiger partial charge in [-0.2, -0.15) is 0 Å². The summed E-state index contributed by atoms with van der Waals surface area (Å²) in [7, 11) is 3.13. The Bertz CT molecular complexity index is 2830. The number of carboxylic acids is 1. The minimum atomic E-state index is -0.881. The van der Waals surface area contributed by atoms with Gasteiger partial charge in [0.2, 0.25) is 0 Å². The van der Waals surface area contributed by atoms with Crippen molar-refractivity contribution in [1.29, 1.82) is 0 Å². The van der Waals surface area contributed by atoms with Gasteiger partial charge in [-0.15, -0.1) is 0 Å². The van der Waals surface area contributed by atoms with Crippen LogP contribution in [0, 0.1) is 11.6 Å². The molecule has 6 aromatic rings. The van der Waals surface area contributed by atoms with Crippen molar-refractivity contribution in [3.63, 3.8) is 0 Å². The number of likely N-dealkylation sites (tertiary alicyclic amines) is 2. The van der Waals surface area contributed by atoms with Gasteiger partial charge in [0.1, 0.15) is 41.8 Å². The van der Waals surface area contributed by atoms with Crippen LogP contribution in [0.3, 0.4) is 0 Å². The van der Waals surface area contributed by atoms with Crippen molar-refractivity contribution in [3.05, 3.63) is 106 Å². The normalized spacial score (nSPS) is 14.7. The number of aliphatic carboxylic acids is 1. The number of aliphatic imine (C=N–C) groups is 1. The van der Waals surface area contributed by atoms with Crippen LogP contribution in [0.15, 0.2) is 78.3 Å². The van der Waals surface area contributed by atoms with Crippen molar-refractivity contribution in [2.75, 3.05) is 77.2 Å². The van der Waals surface area contributed by atoms with E-state index in [4.69, 9.17) is 32.7 Å². The second kappa shape index (κ2) is 24.5. The molecule has 2 aromatic heterocycles.